The lowest BCUT2D eigenvalue weighted by Crippen LogP contribution is -2.34. The number of anilines is 2. The highest BCUT2D eigenvalue weighted by molar-refractivity contribution is 5.54. The van der Waals surface area contributed by atoms with Gasteiger partial charge < -0.3 is 20.5 Å². The van der Waals surface area contributed by atoms with Gasteiger partial charge in [-0.2, -0.15) is 0 Å². The molecule has 1 rings (SSSR count). The van der Waals surface area contributed by atoms with Crippen molar-refractivity contribution in [2.75, 3.05) is 37.4 Å². The highest BCUT2D eigenvalue weighted by atomic mass is 16.5. The van der Waals surface area contributed by atoms with Crippen molar-refractivity contribution in [1.29, 1.82) is 0 Å². The van der Waals surface area contributed by atoms with Gasteiger partial charge in [-0.1, -0.05) is 6.92 Å². The first-order valence-electron chi connectivity index (χ1n) is 6.71. The Labute approximate surface area is 115 Å². The average molecular weight is 267 g/mol. The Morgan fingerprint density at radius 2 is 2.00 bits per heavy atom. The van der Waals surface area contributed by atoms with Gasteiger partial charge in [0.2, 0.25) is 0 Å². The molecule has 0 amide bonds. The van der Waals surface area contributed by atoms with E-state index in [-0.39, 0.29) is 0 Å². The molecule has 0 aromatic carbocycles. The maximum atomic E-state index is 10.1. The van der Waals surface area contributed by atoms with Crippen LogP contribution in [-0.2, 0) is 4.74 Å². The SMILES string of the molecule is CCCNc1cncc(NCC(C)(O)CCOC)c1. The molecule has 3 N–H and O–H groups in total. The summed E-state index contributed by atoms with van der Waals surface area (Å²) in [5, 5.41) is 16.6. The summed E-state index contributed by atoms with van der Waals surface area (Å²) in [7, 11) is 1.64. The zero-order valence-electron chi connectivity index (χ0n) is 12.1. The van der Waals surface area contributed by atoms with Gasteiger partial charge in [0.15, 0.2) is 0 Å². The molecule has 0 bridgehead atoms. The molecule has 1 unspecified atom stereocenters. The highest BCUT2D eigenvalue weighted by Gasteiger charge is 2.19. The molecular weight excluding hydrogens is 242 g/mol. The Morgan fingerprint density at radius 1 is 1.32 bits per heavy atom. The molecule has 1 aromatic rings. The minimum Gasteiger partial charge on any atom is -0.388 e. The summed E-state index contributed by atoms with van der Waals surface area (Å²) in [6, 6.07) is 2.00. The van der Waals surface area contributed by atoms with Gasteiger partial charge in [-0.05, 0) is 19.4 Å². The Morgan fingerprint density at radius 3 is 2.63 bits per heavy atom. The van der Waals surface area contributed by atoms with Crippen LogP contribution >= 0.6 is 0 Å². The molecule has 0 aliphatic rings. The first-order chi connectivity index (χ1) is 9.07. The van der Waals surface area contributed by atoms with Crippen molar-refractivity contribution in [3.8, 4) is 0 Å². The van der Waals surface area contributed by atoms with E-state index in [1.165, 1.54) is 0 Å². The van der Waals surface area contributed by atoms with E-state index in [2.05, 4.69) is 22.5 Å². The molecular formula is C14H25N3O2. The van der Waals surface area contributed by atoms with Crippen LogP contribution in [0.5, 0.6) is 0 Å². The summed E-state index contributed by atoms with van der Waals surface area (Å²) in [4.78, 5) is 4.17. The maximum absolute atomic E-state index is 10.1. The fourth-order valence-corrected chi connectivity index (χ4v) is 1.61. The molecule has 5 nitrogen and oxygen atoms in total. The fraction of sp³-hybridized carbons (Fsp3) is 0.643. The second-order valence-corrected chi connectivity index (χ2v) is 4.98. The maximum Gasteiger partial charge on any atom is 0.0813 e. The number of ether oxygens (including phenoxy) is 1. The van der Waals surface area contributed by atoms with Gasteiger partial charge in [-0.15, -0.1) is 0 Å². The average Bonchev–Trinajstić information content (AvgIpc) is 2.41. The van der Waals surface area contributed by atoms with E-state index in [1.807, 2.05) is 6.07 Å². The number of hydrogen-bond donors (Lipinski definition) is 3. The number of rotatable bonds is 9. The monoisotopic (exact) mass is 267 g/mol. The van der Waals surface area contributed by atoms with Crippen molar-refractivity contribution >= 4 is 11.4 Å². The summed E-state index contributed by atoms with van der Waals surface area (Å²) in [5.41, 5.74) is 1.10. The van der Waals surface area contributed by atoms with E-state index in [9.17, 15) is 5.11 Å². The Balaban J connectivity index is 2.48. The first-order valence-corrected chi connectivity index (χ1v) is 6.71. The molecule has 0 spiro atoms. The van der Waals surface area contributed by atoms with Gasteiger partial charge in [0.25, 0.3) is 0 Å². The highest BCUT2D eigenvalue weighted by Crippen LogP contribution is 2.15. The quantitative estimate of drug-likeness (QED) is 0.639. The number of methoxy groups -OCH3 is 1. The van der Waals surface area contributed by atoms with Gasteiger partial charge in [-0.3, -0.25) is 4.98 Å². The number of nitrogens with one attached hydrogen (secondary N) is 2. The standard InChI is InChI=1S/C14H25N3O2/c1-4-6-16-12-8-13(10-15-9-12)17-11-14(2,18)5-7-19-3/h8-10,16-18H,4-7,11H2,1-3H3. The summed E-state index contributed by atoms with van der Waals surface area (Å²) in [6.45, 7) is 5.86. The number of aliphatic hydroxyl groups is 1. The van der Waals surface area contributed by atoms with Gasteiger partial charge >= 0.3 is 0 Å². The van der Waals surface area contributed by atoms with E-state index < -0.39 is 5.60 Å². The van der Waals surface area contributed by atoms with Crippen LogP contribution in [0.1, 0.15) is 26.7 Å². The molecule has 0 saturated carbocycles. The largest absolute Gasteiger partial charge is 0.388 e. The molecule has 0 saturated heterocycles. The molecule has 0 radical (unpaired) electrons. The van der Waals surface area contributed by atoms with E-state index in [0.717, 1.165) is 24.3 Å². The van der Waals surface area contributed by atoms with Crippen molar-refractivity contribution in [3.63, 3.8) is 0 Å². The lowest BCUT2D eigenvalue weighted by atomic mass is 10.0. The van der Waals surface area contributed by atoms with E-state index >= 15 is 0 Å². The molecule has 1 heterocycles. The minimum absolute atomic E-state index is 0.468. The smallest absolute Gasteiger partial charge is 0.0813 e. The Kier molecular flexibility index (Phi) is 6.59. The van der Waals surface area contributed by atoms with E-state index in [4.69, 9.17) is 4.74 Å². The van der Waals surface area contributed by atoms with Crippen LogP contribution in [0.4, 0.5) is 11.4 Å². The summed E-state index contributed by atoms with van der Waals surface area (Å²) < 4.78 is 4.98. The lowest BCUT2D eigenvalue weighted by molar-refractivity contribution is 0.0357. The molecule has 1 atom stereocenters. The molecule has 5 heteroatoms. The number of nitrogens with zero attached hydrogens (tertiary/aromatic N) is 1. The third-order valence-electron chi connectivity index (χ3n) is 2.84. The van der Waals surface area contributed by atoms with Crippen LogP contribution < -0.4 is 10.6 Å². The van der Waals surface area contributed by atoms with Gasteiger partial charge in [0, 0.05) is 33.2 Å². The minimum atomic E-state index is -0.789. The second kappa shape index (κ2) is 7.96. The molecule has 108 valence electrons. The molecule has 0 aliphatic heterocycles. The zero-order valence-corrected chi connectivity index (χ0v) is 12.1. The Bertz CT molecular complexity index is 369. The van der Waals surface area contributed by atoms with Gasteiger partial charge in [0.05, 0.1) is 29.4 Å². The molecule has 19 heavy (non-hydrogen) atoms. The number of pyridine rings is 1. The first kappa shape index (κ1) is 15.7. The van der Waals surface area contributed by atoms with Crippen molar-refractivity contribution in [2.24, 2.45) is 0 Å². The molecule has 0 fully saturated rings. The predicted molar refractivity (Wildman–Crippen MR) is 78.6 cm³/mol. The van der Waals surface area contributed by atoms with Crippen LogP contribution in [0.25, 0.3) is 0 Å². The third-order valence-corrected chi connectivity index (χ3v) is 2.84. The van der Waals surface area contributed by atoms with E-state index in [1.54, 1.807) is 26.4 Å². The van der Waals surface area contributed by atoms with Crippen LogP contribution in [0.3, 0.4) is 0 Å². The summed E-state index contributed by atoms with van der Waals surface area (Å²) in [5.74, 6) is 0. The van der Waals surface area contributed by atoms with E-state index in [0.29, 0.717) is 19.6 Å². The zero-order chi connectivity index (χ0) is 14.1. The topological polar surface area (TPSA) is 66.4 Å². The van der Waals surface area contributed by atoms with Crippen molar-refractivity contribution in [3.05, 3.63) is 18.5 Å². The van der Waals surface area contributed by atoms with Crippen LogP contribution in [0.2, 0.25) is 0 Å². The van der Waals surface area contributed by atoms with Crippen molar-refractivity contribution < 1.29 is 9.84 Å². The van der Waals surface area contributed by atoms with Gasteiger partial charge in [-0.25, -0.2) is 0 Å². The van der Waals surface area contributed by atoms with Crippen molar-refractivity contribution in [1.82, 2.24) is 4.98 Å². The third kappa shape index (κ3) is 6.40. The fourth-order valence-electron chi connectivity index (χ4n) is 1.61. The van der Waals surface area contributed by atoms with Crippen LogP contribution in [-0.4, -0.2) is 42.5 Å². The summed E-state index contributed by atoms with van der Waals surface area (Å²) in [6.07, 6.45) is 5.22. The Hall–Kier alpha value is -1.33. The lowest BCUT2D eigenvalue weighted by Gasteiger charge is -2.23. The van der Waals surface area contributed by atoms with Crippen LogP contribution in [0.15, 0.2) is 18.5 Å². The van der Waals surface area contributed by atoms with Crippen LogP contribution in [0, 0.1) is 0 Å². The van der Waals surface area contributed by atoms with Gasteiger partial charge in [0.1, 0.15) is 0 Å². The molecule has 0 aliphatic carbocycles. The normalized spacial score (nSPS) is 13.9. The second-order valence-electron chi connectivity index (χ2n) is 4.98. The number of aromatic nitrogens is 1. The predicted octanol–water partition coefficient (Wildman–Crippen LogP) is 2.10. The van der Waals surface area contributed by atoms with Crippen molar-refractivity contribution in [2.45, 2.75) is 32.3 Å². The number of hydrogen-bond acceptors (Lipinski definition) is 5. The summed E-state index contributed by atoms with van der Waals surface area (Å²) >= 11 is 0. The molecule has 1 aromatic heterocycles.